The van der Waals surface area contributed by atoms with Crippen LogP contribution < -0.4 is 15.4 Å². The highest BCUT2D eigenvalue weighted by Gasteiger charge is 2.04. The highest BCUT2D eigenvalue weighted by molar-refractivity contribution is 14.0. The second kappa shape index (κ2) is 14.6. The zero-order valence-electron chi connectivity index (χ0n) is 19.5. The normalized spacial score (nSPS) is 11.3. The van der Waals surface area contributed by atoms with Crippen LogP contribution in [0.4, 0.5) is 5.69 Å². The van der Waals surface area contributed by atoms with E-state index in [0.717, 1.165) is 42.5 Å². The predicted molar refractivity (Wildman–Crippen MR) is 141 cm³/mol. The lowest BCUT2D eigenvalue weighted by atomic mass is 10.2. The number of guanidine groups is 1. The summed E-state index contributed by atoms with van der Waals surface area (Å²) in [5.41, 5.74) is 2.13. The summed E-state index contributed by atoms with van der Waals surface area (Å²) in [6.45, 7) is 6.53. The molecule has 0 saturated heterocycles. The highest BCUT2D eigenvalue weighted by Crippen LogP contribution is 2.16. The molecule has 0 amide bonds. The minimum absolute atomic E-state index is 0. The molecule has 9 heteroatoms. The van der Waals surface area contributed by atoms with E-state index in [4.69, 9.17) is 18.9 Å². The molecular weight excluding hydrogens is 533 g/mol. The summed E-state index contributed by atoms with van der Waals surface area (Å²) in [6.07, 6.45) is 7.39. The number of aliphatic imine (C=N–C) groups is 1. The summed E-state index contributed by atoms with van der Waals surface area (Å²) >= 11 is 0. The molecule has 2 aromatic heterocycles. The van der Waals surface area contributed by atoms with Crippen LogP contribution in [0.3, 0.4) is 0 Å². The van der Waals surface area contributed by atoms with Gasteiger partial charge in [-0.3, -0.25) is 9.67 Å². The van der Waals surface area contributed by atoms with Gasteiger partial charge in [-0.1, -0.05) is 0 Å². The molecule has 3 aromatic rings. The molecule has 0 radical (unpaired) electrons. The van der Waals surface area contributed by atoms with Crippen LogP contribution in [0.15, 0.2) is 64.5 Å². The monoisotopic (exact) mass is 567 g/mol. The number of nitrogens with zero attached hydrogens (tertiary/aromatic N) is 3. The third-order valence-corrected chi connectivity index (χ3v) is 4.49. The molecule has 33 heavy (non-hydrogen) atoms. The van der Waals surface area contributed by atoms with E-state index in [1.54, 1.807) is 6.26 Å². The van der Waals surface area contributed by atoms with E-state index in [1.165, 1.54) is 5.56 Å². The van der Waals surface area contributed by atoms with Crippen LogP contribution in [0.5, 0.6) is 5.75 Å². The highest BCUT2D eigenvalue weighted by atomic mass is 127. The van der Waals surface area contributed by atoms with Crippen molar-refractivity contribution in [1.82, 2.24) is 15.1 Å². The Balaban J connectivity index is 0.00000385. The minimum atomic E-state index is 0. The van der Waals surface area contributed by atoms with Crippen molar-refractivity contribution in [3.05, 3.63) is 66.4 Å². The van der Waals surface area contributed by atoms with Gasteiger partial charge in [-0.15, -0.1) is 24.0 Å². The van der Waals surface area contributed by atoms with Crippen molar-refractivity contribution in [2.45, 2.75) is 39.4 Å². The Kier molecular flexibility index (Phi) is 11.8. The Labute approximate surface area is 212 Å². The van der Waals surface area contributed by atoms with Crippen molar-refractivity contribution in [2.24, 2.45) is 12.0 Å². The third kappa shape index (κ3) is 10.3. The lowest BCUT2D eigenvalue weighted by Crippen LogP contribution is -2.32. The van der Waals surface area contributed by atoms with E-state index >= 15 is 0 Å². The van der Waals surface area contributed by atoms with Crippen LogP contribution in [-0.2, 0) is 24.8 Å². The first-order valence-corrected chi connectivity index (χ1v) is 11.0. The second-order valence-corrected chi connectivity index (χ2v) is 7.73. The molecule has 2 heterocycles. The lowest BCUT2D eigenvalue weighted by molar-refractivity contribution is 0.105. The van der Waals surface area contributed by atoms with Crippen molar-refractivity contribution >= 4 is 35.6 Å². The van der Waals surface area contributed by atoms with Gasteiger partial charge in [0.15, 0.2) is 5.96 Å². The van der Waals surface area contributed by atoms with E-state index < -0.39 is 0 Å². The van der Waals surface area contributed by atoms with Gasteiger partial charge in [-0.05, 0) is 68.7 Å². The standard InChI is InChI=1S/C24H33N5O3.HI/c1-19(2)32-22-9-7-21(8-10-22)28-24(26-13-11-20-16-27-29(3)17-20)25-12-5-14-30-18-23-6-4-15-31-23;/h4,6-10,15-17,19H,5,11-14,18H2,1-3H3,(H2,25,26,28);1H. The molecule has 0 fully saturated rings. The van der Waals surface area contributed by atoms with Gasteiger partial charge in [-0.25, -0.2) is 0 Å². The smallest absolute Gasteiger partial charge is 0.195 e. The third-order valence-electron chi connectivity index (χ3n) is 4.49. The average molecular weight is 567 g/mol. The number of nitrogens with one attached hydrogen (secondary N) is 2. The van der Waals surface area contributed by atoms with E-state index in [9.17, 15) is 0 Å². The summed E-state index contributed by atoms with van der Waals surface area (Å²) in [4.78, 5) is 4.70. The molecule has 0 aliphatic carbocycles. The fourth-order valence-electron chi connectivity index (χ4n) is 3.02. The zero-order valence-corrected chi connectivity index (χ0v) is 21.8. The number of halogens is 1. The number of hydrogen-bond donors (Lipinski definition) is 2. The number of rotatable bonds is 12. The van der Waals surface area contributed by atoms with E-state index in [2.05, 4.69) is 15.7 Å². The van der Waals surface area contributed by atoms with Crippen LogP contribution in [0.2, 0.25) is 0 Å². The summed E-state index contributed by atoms with van der Waals surface area (Å²) in [7, 11) is 1.92. The number of benzene rings is 1. The Morgan fingerprint density at radius 1 is 1.21 bits per heavy atom. The average Bonchev–Trinajstić information content (AvgIpc) is 3.43. The van der Waals surface area contributed by atoms with Crippen molar-refractivity contribution in [3.63, 3.8) is 0 Å². The molecule has 0 atom stereocenters. The summed E-state index contributed by atoms with van der Waals surface area (Å²) in [5.74, 6) is 2.41. The van der Waals surface area contributed by atoms with E-state index in [1.807, 2.05) is 74.4 Å². The molecule has 0 saturated carbocycles. The van der Waals surface area contributed by atoms with E-state index in [-0.39, 0.29) is 30.1 Å². The van der Waals surface area contributed by atoms with Gasteiger partial charge in [-0.2, -0.15) is 5.10 Å². The Morgan fingerprint density at radius 2 is 2.03 bits per heavy atom. The first kappa shape index (κ1) is 26.7. The van der Waals surface area contributed by atoms with E-state index in [0.29, 0.717) is 19.8 Å². The first-order valence-electron chi connectivity index (χ1n) is 11.0. The van der Waals surface area contributed by atoms with Crippen LogP contribution in [0.25, 0.3) is 0 Å². The SMILES string of the molecule is CC(C)Oc1ccc(NC(=NCCCOCc2ccco2)NCCc2cnn(C)c2)cc1.I. The molecule has 0 bridgehead atoms. The molecule has 2 N–H and O–H groups in total. The predicted octanol–water partition coefficient (Wildman–Crippen LogP) is 4.63. The quantitative estimate of drug-likeness (QED) is 0.144. The zero-order chi connectivity index (χ0) is 22.6. The van der Waals surface area contributed by atoms with Gasteiger partial charge in [0.2, 0.25) is 0 Å². The molecule has 0 aliphatic heterocycles. The fraction of sp³-hybridized carbons (Fsp3) is 0.417. The number of anilines is 1. The topological polar surface area (TPSA) is 85.8 Å². The lowest BCUT2D eigenvalue weighted by Gasteiger charge is -2.14. The van der Waals surface area contributed by atoms with Gasteiger partial charge in [0, 0.05) is 38.6 Å². The number of ether oxygens (including phenoxy) is 2. The summed E-state index contributed by atoms with van der Waals surface area (Å²) < 4.78 is 18.4. The van der Waals surface area contributed by atoms with Crippen molar-refractivity contribution < 1.29 is 13.9 Å². The second-order valence-electron chi connectivity index (χ2n) is 7.73. The maximum absolute atomic E-state index is 5.72. The molecule has 180 valence electrons. The molecule has 0 unspecified atom stereocenters. The van der Waals surface area contributed by atoms with Crippen LogP contribution >= 0.6 is 24.0 Å². The van der Waals surface area contributed by atoms with Crippen LogP contribution in [-0.4, -0.2) is 41.5 Å². The molecule has 1 aromatic carbocycles. The summed E-state index contributed by atoms with van der Waals surface area (Å²) in [5, 5.41) is 11.0. The number of aryl methyl sites for hydroxylation is 1. The maximum Gasteiger partial charge on any atom is 0.195 e. The van der Waals surface area contributed by atoms with Crippen molar-refractivity contribution in [1.29, 1.82) is 0 Å². The van der Waals surface area contributed by atoms with Gasteiger partial charge >= 0.3 is 0 Å². The number of hydrogen-bond acceptors (Lipinski definition) is 5. The fourth-order valence-corrected chi connectivity index (χ4v) is 3.02. The maximum atomic E-state index is 5.72. The minimum Gasteiger partial charge on any atom is -0.491 e. The van der Waals surface area contributed by atoms with Gasteiger partial charge < -0.3 is 24.5 Å². The Hall–Kier alpha value is -2.53. The Morgan fingerprint density at radius 3 is 2.70 bits per heavy atom. The summed E-state index contributed by atoms with van der Waals surface area (Å²) in [6, 6.07) is 11.7. The molecule has 0 spiro atoms. The number of aromatic nitrogens is 2. The molecular formula is C24H34IN5O3. The van der Waals surface area contributed by atoms with Crippen molar-refractivity contribution in [2.75, 3.05) is 25.0 Å². The molecule has 0 aliphatic rings. The Bertz CT molecular complexity index is 939. The molecule has 8 nitrogen and oxygen atoms in total. The first-order chi connectivity index (χ1) is 15.6. The van der Waals surface area contributed by atoms with Gasteiger partial charge in [0.25, 0.3) is 0 Å². The van der Waals surface area contributed by atoms with Crippen molar-refractivity contribution in [3.8, 4) is 5.75 Å². The van der Waals surface area contributed by atoms with Gasteiger partial charge in [0.1, 0.15) is 18.1 Å². The van der Waals surface area contributed by atoms with Gasteiger partial charge in [0.05, 0.1) is 18.6 Å². The largest absolute Gasteiger partial charge is 0.491 e. The van der Waals surface area contributed by atoms with Crippen LogP contribution in [0.1, 0.15) is 31.6 Å². The number of furan rings is 1. The molecule has 3 rings (SSSR count). The van der Waals surface area contributed by atoms with Crippen LogP contribution in [0, 0.1) is 0 Å².